The molecule has 0 aliphatic rings. The average Bonchev–Trinajstić information content (AvgIpc) is 2.50. The van der Waals surface area contributed by atoms with Crippen LogP contribution < -0.4 is 0 Å². The van der Waals surface area contributed by atoms with E-state index in [4.69, 9.17) is 11.6 Å². The molecule has 106 valence electrons. The van der Waals surface area contributed by atoms with Crippen LogP contribution in [0.4, 0.5) is 0 Å². The van der Waals surface area contributed by atoms with Crippen LogP contribution in [0.5, 0.6) is 0 Å². The molecule has 0 amide bonds. The fourth-order valence-corrected chi connectivity index (χ4v) is 4.18. The number of halogens is 3. The maximum Gasteiger partial charge on any atom is 0.0621 e. The maximum absolute atomic E-state index is 6.25. The molecule has 1 aromatic heterocycles. The topological polar surface area (TPSA) is 12.9 Å². The monoisotopic (exact) mass is 415 g/mol. The van der Waals surface area contributed by atoms with Gasteiger partial charge in [0.2, 0.25) is 0 Å². The molecule has 0 atom stereocenters. The molecule has 20 heavy (non-hydrogen) atoms. The normalized spacial score (nSPS) is 11.6. The highest BCUT2D eigenvalue weighted by Gasteiger charge is 2.29. The Balaban J connectivity index is 2.23. The summed E-state index contributed by atoms with van der Waals surface area (Å²) in [6, 6.07) is 12.6. The summed E-state index contributed by atoms with van der Waals surface area (Å²) in [6.45, 7) is 0. The van der Waals surface area contributed by atoms with E-state index in [9.17, 15) is 0 Å². The van der Waals surface area contributed by atoms with E-state index in [1.54, 1.807) is 12.4 Å². The fourth-order valence-electron chi connectivity index (χ4n) is 2.27. The molecule has 2 rings (SSSR count). The Hall–Kier alpha value is -0.380. The first kappa shape index (κ1) is 16.0. The van der Waals surface area contributed by atoms with Gasteiger partial charge in [-0.1, -0.05) is 73.8 Å². The minimum Gasteiger partial charge on any atom is -0.263 e. The zero-order valence-corrected chi connectivity index (χ0v) is 15.0. The second-order valence-electron chi connectivity index (χ2n) is 5.07. The lowest BCUT2D eigenvalue weighted by Gasteiger charge is -2.30. The molecule has 0 aliphatic heterocycles. The minimum absolute atomic E-state index is 0.104. The van der Waals surface area contributed by atoms with Crippen LogP contribution in [0.2, 0.25) is 5.02 Å². The van der Waals surface area contributed by atoms with Crippen LogP contribution in [-0.2, 0) is 12.8 Å². The summed E-state index contributed by atoms with van der Waals surface area (Å²) < 4.78 is 0. The number of hydrogen-bond donors (Lipinski definition) is 0. The molecule has 1 heterocycles. The SMILES string of the molecule is Clc1cnccc1CC(CBr)(CBr)Cc1ccccc1. The first-order valence-corrected chi connectivity index (χ1v) is 9.05. The van der Waals surface area contributed by atoms with Crippen molar-refractivity contribution in [3.8, 4) is 0 Å². The summed E-state index contributed by atoms with van der Waals surface area (Å²) in [5.74, 6) is 0. The van der Waals surface area contributed by atoms with E-state index >= 15 is 0 Å². The summed E-state index contributed by atoms with van der Waals surface area (Å²) >= 11 is 13.6. The molecule has 0 spiro atoms. The number of hydrogen-bond acceptors (Lipinski definition) is 1. The van der Waals surface area contributed by atoms with Crippen molar-refractivity contribution < 1.29 is 0 Å². The number of aromatic nitrogens is 1. The Morgan fingerprint density at radius 2 is 1.70 bits per heavy atom. The lowest BCUT2D eigenvalue weighted by molar-refractivity contribution is 0.386. The van der Waals surface area contributed by atoms with Crippen molar-refractivity contribution >= 4 is 43.5 Å². The Morgan fingerprint density at radius 1 is 1.00 bits per heavy atom. The van der Waals surface area contributed by atoms with E-state index in [-0.39, 0.29) is 5.41 Å². The second-order valence-corrected chi connectivity index (χ2v) is 6.60. The van der Waals surface area contributed by atoms with E-state index in [1.807, 2.05) is 12.1 Å². The number of alkyl halides is 2. The highest BCUT2D eigenvalue weighted by molar-refractivity contribution is 9.09. The molecule has 0 fully saturated rings. The molecule has 0 unspecified atom stereocenters. The van der Waals surface area contributed by atoms with E-state index in [2.05, 4.69) is 61.1 Å². The quantitative estimate of drug-likeness (QED) is 0.582. The third kappa shape index (κ3) is 4.06. The number of benzene rings is 1. The van der Waals surface area contributed by atoms with Gasteiger partial charge < -0.3 is 0 Å². The van der Waals surface area contributed by atoms with Gasteiger partial charge in [0.15, 0.2) is 0 Å². The van der Waals surface area contributed by atoms with Gasteiger partial charge in [-0.25, -0.2) is 0 Å². The molecule has 0 saturated carbocycles. The van der Waals surface area contributed by atoms with Gasteiger partial charge in [-0.2, -0.15) is 0 Å². The van der Waals surface area contributed by atoms with Crippen LogP contribution in [0.1, 0.15) is 11.1 Å². The van der Waals surface area contributed by atoms with Crippen LogP contribution >= 0.6 is 43.5 Å². The molecule has 4 heteroatoms. The summed E-state index contributed by atoms with van der Waals surface area (Å²) in [5, 5.41) is 2.57. The lowest BCUT2D eigenvalue weighted by Crippen LogP contribution is -2.30. The van der Waals surface area contributed by atoms with Gasteiger partial charge in [-0.3, -0.25) is 4.98 Å². The highest BCUT2D eigenvalue weighted by atomic mass is 79.9. The summed E-state index contributed by atoms with van der Waals surface area (Å²) in [6.07, 6.45) is 5.44. The van der Waals surface area contributed by atoms with Gasteiger partial charge in [0.25, 0.3) is 0 Å². The van der Waals surface area contributed by atoms with Crippen molar-refractivity contribution in [1.82, 2.24) is 4.98 Å². The summed E-state index contributed by atoms with van der Waals surface area (Å²) in [4.78, 5) is 4.06. The van der Waals surface area contributed by atoms with E-state index in [0.717, 1.165) is 34.1 Å². The van der Waals surface area contributed by atoms with Gasteiger partial charge in [0, 0.05) is 23.1 Å². The molecule has 1 aromatic carbocycles. The molecule has 0 saturated heterocycles. The highest BCUT2D eigenvalue weighted by Crippen LogP contribution is 2.34. The van der Waals surface area contributed by atoms with E-state index in [1.165, 1.54) is 5.56 Å². The van der Waals surface area contributed by atoms with Crippen molar-refractivity contribution in [3.05, 3.63) is 64.9 Å². The van der Waals surface area contributed by atoms with Crippen LogP contribution in [-0.4, -0.2) is 15.6 Å². The van der Waals surface area contributed by atoms with Gasteiger partial charge >= 0.3 is 0 Å². The Morgan fingerprint density at radius 3 is 2.30 bits per heavy atom. The summed E-state index contributed by atoms with van der Waals surface area (Å²) in [5.41, 5.74) is 2.60. The molecular formula is C16H16Br2ClN. The lowest BCUT2D eigenvalue weighted by atomic mass is 9.80. The molecule has 0 N–H and O–H groups in total. The molecule has 2 aromatic rings. The van der Waals surface area contributed by atoms with E-state index in [0.29, 0.717) is 0 Å². The van der Waals surface area contributed by atoms with Crippen molar-refractivity contribution in [2.24, 2.45) is 5.41 Å². The van der Waals surface area contributed by atoms with E-state index < -0.39 is 0 Å². The molecular weight excluding hydrogens is 401 g/mol. The number of rotatable bonds is 6. The number of nitrogens with zero attached hydrogens (tertiary/aromatic N) is 1. The molecule has 0 aliphatic carbocycles. The van der Waals surface area contributed by atoms with Crippen molar-refractivity contribution in [1.29, 1.82) is 0 Å². The fraction of sp³-hybridized carbons (Fsp3) is 0.312. The zero-order valence-electron chi connectivity index (χ0n) is 11.0. The standard InChI is InChI=1S/C16H16Br2ClN/c17-11-16(12-18,8-13-4-2-1-3-5-13)9-14-6-7-20-10-15(14)19/h1-7,10H,8-9,11-12H2. The van der Waals surface area contributed by atoms with Crippen molar-refractivity contribution in [3.63, 3.8) is 0 Å². The maximum atomic E-state index is 6.25. The predicted octanol–water partition coefficient (Wildman–Crippen LogP) is 5.30. The summed E-state index contributed by atoms with van der Waals surface area (Å²) in [7, 11) is 0. The molecule has 0 radical (unpaired) electrons. The Bertz CT molecular complexity index is 541. The smallest absolute Gasteiger partial charge is 0.0621 e. The first-order valence-electron chi connectivity index (χ1n) is 6.43. The number of pyridine rings is 1. The third-order valence-corrected chi connectivity index (χ3v) is 6.13. The Kier molecular flexibility index (Phi) is 6.06. The van der Waals surface area contributed by atoms with Gasteiger partial charge in [-0.15, -0.1) is 0 Å². The predicted molar refractivity (Wildman–Crippen MR) is 93.1 cm³/mol. The van der Waals surface area contributed by atoms with Gasteiger partial charge in [0.1, 0.15) is 0 Å². The third-order valence-electron chi connectivity index (χ3n) is 3.41. The zero-order chi connectivity index (χ0) is 14.4. The average molecular weight is 418 g/mol. The van der Waals surface area contributed by atoms with Crippen molar-refractivity contribution in [2.45, 2.75) is 12.8 Å². The van der Waals surface area contributed by atoms with Crippen LogP contribution in [0.3, 0.4) is 0 Å². The first-order chi connectivity index (χ1) is 9.69. The minimum atomic E-state index is 0.104. The van der Waals surface area contributed by atoms with Gasteiger partial charge in [-0.05, 0) is 35.4 Å². The van der Waals surface area contributed by atoms with Crippen LogP contribution in [0.15, 0.2) is 48.8 Å². The van der Waals surface area contributed by atoms with Crippen LogP contribution in [0, 0.1) is 5.41 Å². The van der Waals surface area contributed by atoms with Gasteiger partial charge in [0.05, 0.1) is 5.02 Å². The second kappa shape index (κ2) is 7.58. The Labute approximate surface area is 142 Å². The molecule has 1 nitrogen and oxygen atoms in total. The van der Waals surface area contributed by atoms with Crippen LogP contribution in [0.25, 0.3) is 0 Å². The van der Waals surface area contributed by atoms with Crippen molar-refractivity contribution in [2.75, 3.05) is 10.7 Å². The largest absolute Gasteiger partial charge is 0.263 e. The molecule has 0 bridgehead atoms.